The molecule has 2 heterocycles. The Morgan fingerprint density at radius 3 is 2.71 bits per heavy atom. The number of piperazine rings is 1. The molecule has 3 aromatic rings. The van der Waals surface area contributed by atoms with Crippen molar-refractivity contribution in [2.75, 3.05) is 43.5 Å². The number of nitrogens with one attached hydrogen (secondary N) is 2. The van der Waals surface area contributed by atoms with Gasteiger partial charge >= 0.3 is 5.97 Å². The summed E-state index contributed by atoms with van der Waals surface area (Å²) < 4.78 is 4.88. The molecule has 1 fully saturated rings. The lowest BCUT2D eigenvalue weighted by atomic mass is 10.1. The van der Waals surface area contributed by atoms with Gasteiger partial charge in [0, 0.05) is 42.3 Å². The van der Waals surface area contributed by atoms with E-state index in [4.69, 9.17) is 4.74 Å². The van der Waals surface area contributed by atoms with Crippen LogP contribution >= 0.6 is 0 Å². The van der Waals surface area contributed by atoms with Crippen molar-refractivity contribution < 1.29 is 14.3 Å². The number of para-hydroxylation sites is 1. The van der Waals surface area contributed by atoms with Gasteiger partial charge in [-0.05, 0) is 37.6 Å². The average Bonchev–Trinajstić information content (AvgIpc) is 3.11. The Morgan fingerprint density at radius 2 is 1.97 bits per heavy atom. The Labute approximate surface area is 182 Å². The number of hydrogen-bond donors (Lipinski definition) is 2. The predicted octanol–water partition coefficient (Wildman–Crippen LogP) is 3.41. The minimum atomic E-state index is -0.508. The minimum absolute atomic E-state index is 0.147. The van der Waals surface area contributed by atoms with E-state index < -0.39 is 5.97 Å². The number of carbonyl (C=O) groups is 2. The Balaban J connectivity index is 1.44. The van der Waals surface area contributed by atoms with Crippen molar-refractivity contribution in [3.63, 3.8) is 0 Å². The molecule has 1 unspecified atom stereocenters. The summed E-state index contributed by atoms with van der Waals surface area (Å²) in [7, 11) is 1.33. The van der Waals surface area contributed by atoms with Crippen LogP contribution in [0.5, 0.6) is 0 Å². The van der Waals surface area contributed by atoms with Gasteiger partial charge in [-0.15, -0.1) is 0 Å². The zero-order chi connectivity index (χ0) is 22.0. The molecule has 0 bridgehead atoms. The van der Waals surface area contributed by atoms with E-state index in [1.165, 1.54) is 18.4 Å². The van der Waals surface area contributed by atoms with Crippen LogP contribution in [0.4, 0.5) is 11.4 Å². The topological polar surface area (TPSA) is 77.7 Å². The van der Waals surface area contributed by atoms with Crippen LogP contribution in [0.1, 0.15) is 23.0 Å². The molecular formula is C24H28N4O3. The lowest BCUT2D eigenvalue weighted by Gasteiger charge is -2.41. The lowest BCUT2D eigenvalue weighted by molar-refractivity contribution is -0.117. The van der Waals surface area contributed by atoms with Gasteiger partial charge in [0.25, 0.3) is 0 Å². The van der Waals surface area contributed by atoms with Crippen LogP contribution in [0.15, 0.2) is 48.5 Å². The molecule has 4 rings (SSSR count). The SMILES string of the molecule is COC(=O)c1[nH]c2ccccc2c1NC(=O)CN1CCN(c2cccc(C)c2)C(C)C1. The van der Waals surface area contributed by atoms with Crippen molar-refractivity contribution in [3.8, 4) is 0 Å². The van der Waals surface area contributed by atoms with E-state index in [1.807, 2.05) is 24.3 Å². The monoisotopic (exact) mass is 420 g/mol. The molecule has 0 saturated carbocycles. The fraction of sp³-hybridized carbons (Fsp3) is 0.333. The van der Waals surface area contributed by atoms with E-state index in [9.17, 15) is 9.59 Å². The predicted molar refractivity (Wildman–Crippen MR) is 123 cm³/mol. The average molecular weight is 421 g/mol. The summed E-state index contributed by atoms with van der Waals surface area (Å²) in [6.07, 6.45) is 0. The Kier molecular flexibility index (Phi) is 5.95. The molecule has 1 atom stereocenters. The van der Waals surface area contributed by atoms with Crippen molar-refractivity contribution in [3.05, 3.63) is 59.8 Å². The highest BCUT2D eigenvalue weighted by atomic mass is 16.5. The first-order valence-electron chi connectivity index (χ1n) is 10.5. The number of ether oxygens (including phenoxy) is 1. The van der Waals surface area contributed by atoms with Crippen LogP contribution in [-0.4, -0.2) is 61.1 Å². The van der Waals surface area contributed by atoms with Crippen LogP contribution in [0.2, 0.25) is 0 Å². The van der Waals surface area contributed by atoms with Crippen molar-refractivity contribution in [2.24, 2.45) is 0 Å². The van der Waals surface area contributed by atoms with Gasteiger partial charge in [-0.25, -0.2) is 4.79 Å². The number of carbonyl (C=O) groups excluding carboxylic acids is 2. The number of benzene rings is 2. The lowest BCUT2D eigenvalue weighted by Crippen LogP contribution is -2.53. The molecule has 1 aliphatic heterocycles. The van der Waals surface area contributed by atoms with E-state index in [2.05, 4.69) is 58.2 Å². The van der Waals surface area contributed by atoms with Crippen LogP contribution < -0.4 is 10.2 Å². The number of esters is 1. The molecule has 162 valence electrons. The maximum absolute atomic E-state index is 12.9. The second-order valence-electron chi connectivity index (χ2n) is 8.08. The highest BCUT2D eigenvalue weighted by Gasteiger charge is 2.26. The van der Waals surface area contributed by atoms with Crippen molar-refractivity contribution >= 4 is 34.2 Å². The van der Waals surface area contributed by atoms with Crippen molar-refractivity contribution in [1.82, 2.24) is 9.88 Å². The molecule has 1 aliphatic rings. The smallest absolute Gasteiger partial charge is 0.356 e. The molecule has 0 radical (unpaired) electrons. The van der Waals surface area contributed by atoms with E-state index in [1.54, 1.807) is 0 Å². The fourth-order valence-corrected chi connectivity index (χ4v) is 4.28. The number of aromatic nitrogens is 1. The number of rotatable bonds is 5. The highest BCUT2D eigenvalue weighted by Crippen LogP contribution is 2.28. The molecular weight excluding hydrogens is 392 g/mol. The summed E-state index contributed by atoms with van der Waals surface area (Å²) in [4.78, 5) is 32.6. The fourth-order valence-electron chi connectivity index (χ4n) is 4.28. The third kappa shape index (κ3) is 4.41. The number of H-pyrrole nitrogens is 1. The summed E-state index contributed by atoms with van der Waals surface area (Å²) in [5, 5.41) is 3.72. The maximum atomic E-state index is 12.9. The number of amides is 1. The molecule has 0 spiro atoms. The third-order valence-electron chi connectivity index (χ3n) is 5.77. The Hall–Kier alpha value is -3.32. The Morgan fingerprint density at radius 1 is 1.16 bits per heavy atom. The quantitative estimate of drug-likeness (QED) is 0.619. The van der Waals surface area contributed by atoms with Crippen LogP contribution in [0.3, 0.4) is 0 Å². The second kappa shape index (κ2) is 8.81. The number of nitrogens with zero attached hydrogens (tertiary/aromatic N) is 2. The first kappa shape index (κ1) is 20.9. The summed E-state index contributed by atoms with van der Waals surface area (Å²) in [5.74, 6) is -0.655. The first-order valence-corrected chi connectivity index (χ1v) is 10.5. The van der Waals surface area contributed by atoms with Crippen LogP contribution in [-0.2, 0) is 9.53 Å². The number of aromatic amines is 1. The normalized spacial score (nSPS) is 17.0. The number of anilines is 2. The molecule has 7 nitrogen and oxygen atoms in total. The summed E-state index contributed by atoms with van der Waals surface area (Å²) >= 11 is 0. The molecule has 1 amide bonds. The number of aryl methyl sites for hydroxylation is 1. The van der Waals surface area contributed by atoms with Gasteiger partial charge in [-0.2, -0.15) is 0 Å². The second-order valence-corrected chi connectivity index (χ2v) is 8.08. The van der Waals surface area contributed by atoms with Crippen LogP contribution in [0.25, 0.3) is 10.9 Å². The van der Waals surface area contributed by atoms with E-state index >= 15 is 0 Å². The molecule has 1 saturated heterocycles. The first-order chi connectivity index (χ1) is 15.0. The summed E-state index contributed by atoms with van der Waals surface area (Å²) in [6, 6.07) is 16.3. The van der Waals surface area contributed by atoms with Gasteiger partial charge in [0.2, 0.25) is 5.91 Å². The maximum Gasteiger partial charge on any atom is 0.356 e. The van der Waals surface area contributed by atoms with Crippen molar-refractivity contribution in [1.29, 1.82) is 0 Å². The zero-order valence-corrected chi connectivity index (χ0v) is 18.1. The zero-order valence-electron chi connectivity index (χ0n) is 18.1. The van der Waals surface area contributed by atoms with E-state index in [0.29, 0.717) is 11.7 Å². The number of hydrogen-bond acceptors (Lipinski definition) is 5. The number of methoxy groups -OCH3 is 1. The van der Waals surface area contributed by atoms with Gasteiger partial charge in [-0.3, -0.25) is 9.69 Å². The molecule has 2 N–H and O–H groups in total. The van der Waals surface area contributed by atoms with Gasteiger partial charge in [0.05, 0.1) is 19.3 Å². The van der Waals surface area contributed by atoms with Gasteiger partial charge in [-0.1, -0.05) is 30.3 Å². The number of fused-ring (bicyclic) bond motifs is 1. The van der Waals surface area contributed by atoms with Crippen molar-refractivity contribution in [2.45, 2.75) is 19.9 Å². The Bertz CT molecular complexity index is 1110. The summed E-state index contributed by atoms with van der Waals surface area (Å²) in [5.41, 5.74) is 3.97. The van der Waals surface area contributed by atoms with Gasteiger partial charge in [0.1, 0.15) is 5.69 Å². The largest absolute Gasteiger partial charge is 0.464 e. The van der Waals surface area contributed by atoms with E-state index in [-0.39, 0.29) is 18.1 Å². The molecule has 31 heavy (non-hydrogen) atoms. The molecule has 1 aromatic heterocycles. The van der Waals surface area contributed by atoms with Gasteiger partial charge < -0.3 is 19.9 Å². The minimum Gasteiger partial charge on any atom is -0.464 e. The van der Waals surface area contributed by atoms with Crippen LogP contribution in [0, 0.1) is 6.92 Å². The molecule has 7 heteroatoms. The molecule has 2 aromatic carbocycles. The standard InChI is InChI=1S/C24H28N4O3/c1-16-7-6-8-18(13-16)28-12-11-27(14-17(28)2)15-21(29)26-22-19-9-4-5-10-20(19)25-23(22)24(30)31-3/h4-10,13,17,25H,11-12,14-15H2,1-3H3,(H,26,29). The van der Waals surface area contributed by atoms with Gasteiger partial charge in [0.15, 0.2) is 0 Å². The third-order valence-corrected chi connectivity index (χ3v) is 5.77. The highest BCUT2D eigenvalue weighted by molar-refractivity contribution is 6.11. The molecule has 0 aliphatic carbocycles. The van der Waals surface area contributed by atoms with E-state index in [0.717, 1.165) is 30.5 Å². The summed E-state index contributed by atoms with van der Waals surface area (Å²) in [6.45, 7) is 7.00.